The number of hydrogen-bond acceptors (Lipinski definition) is 4. The van der Waals surface area contributed by atoms with Crippen LogP contribution < -0.4 is 0 Å². The normalized spacial score (nSPS) is 14.0. The Hall–Kier alpha value is -3.62. The van der Waals surface area contributed by atoms with Crippen LogP contribution in [0.25, 0.3) is 39.7 Å². The molecule has 2 aliphatic carbocycles. The van der Waals surface area contributed by atoms with E-state index < -0.39 is 10.8 Å². The summed E-state index contributed by atoms with van der Waals surface area (Å²) in [6.45, 7) is 9.24. The molecule has 4 heterocycles. The number of benzene rings is 5. The molecule has 0 unspecified atom stereocenters. The molecule has 0 atom stereocenters. The molecule has 9 aromatic rings. The lowest BCUT2D eigenvalue weighted by Crippen LogP contribution is -2.30. The molecule has 0 amide bonds. The minimum absolute atomic E-state index is 0.508. The van der Waals surface area contributed by atoms with Crippen molar-refractivity contribution in [2.75, 3.05) is 0 Å². The fourth-order valence-corrected chi connectivity index (χ4v) is 19.6. The highest BCUT2D eigenvalue weighted by Gasteiger charge is 2.54. The highest BCUT2D eigenvalue weighted by atomic mass is 79.9. The Labute approximate surface area is 475 Å². The van der Waals surface area contributed by atoms with Crippen molar-refractivity contribution in [3.8, 4) is 20.9 Å². The number of thiophene rings is 4. The maximum atomic E-state index is 4.01. The van der Waals surface area contributed by atoms with E-state index in [9.17, 15) is 0 Å². The number of fused-ring (bicyclic) bond motifs is 10. The molecule has 0 radical (unpaired) electrons. The highest BCUT2D eigenvalue weighted by molar-refractivity contribution is 9.11. The van der Waals surface area contributed by atoms with Crippen LogP contribution >= 0.6 is 77.2 Å². The van der Waals surface area contributed by atoms with Crippen molar-refractivity contribution < 1.29 is 0 Å². The van der Waals surface area contributed by atoms with Gasteiger partial charge in [-0.15, -0.1) is 45.3 Å². The molecule has 0 N–H and O–H groups in total. The zero-order valence-corrected chi connectivity index (χ0v) is 50.5. The molecule has 382 valence electrons. The Morgan fingerprint density at radius 3 is 0.892 bits per heavy atom. The van der Waals surface area contributed by atoms with E-state index in [0.29, 0.717) is 0 Å². The Morgan fingerprint density at radius 2 is 0.622 bits per heavy atom. The third-order valence-corrected chi connectivity index (χ3v) is 22.6. The van der Waals surface area contributed by atoms with E-state index in [1.54, 1.807) is 0 Å². The molecular formula is C68H72Br2S4. The average Bonchev–Trinajstić information content (AvgIpc) is 4.31. The van der Waals surface area contributed by atoms with Gasteiger partial charge in [-0.2, -0.15) is 0 Å². The summed E-state index contributed by atoms with van der Waals surface area (Å²) < 4.78 is 7.99. The van der Waals surface area contributed by atoms with Crippen molar-refractivity contribution in [1.82, 2.24) is 0 Å². The third kappa shape index (κ3) is 9.54. The van der Waals surface area contributed by atoms with Gasteiger partial charge in [0.05, 0.1) is 27.8 Å². The lowest BCUT2D eigenvalue weighted by molar-refractivity contribution is 0.666. The van der Waals surface area contributed by atoms with E-state index in [1.807, 2.05) is 45.3 Å². The Bertz CT molecular complexity index is 3000. The van der Waals surface area contributed by atoms with Crippen LogP contribution in [0.5, 0.6) is 0 Å². The van der Waals surface area contributed by atoms with Gasteiger partial charge in [0.1, 0.15) is 0 Å². The molecule has 0 fully saturated rings. The van der Waals surface area contributed by atoms with Crippen molar-refractivity contribution in [2.24, 2.45) is 0 Å². The van der Waals surface area contributed by atoms with E-state index in [-0.39, 0.29) is 0 Å². The topological polar surface area (TPSA) is 0 Å². The number of halogens is 2. The predicted octanol–water partition coefficient (Wildman–Crippen LogP) is 23.0. The van der Waals surface area contributed by atoms with Crippen LogP contribution in [0.3, 0.4) is 0 Å². The average molecular weight is 1180 g/mol. The first-order chi connectivity index (χ1) is 36.3. The first kappa shape index (κ1) is 52.4. The van der Waals surface area contributed by atoms with Gasteiger partial charge in [-0.1, -0.05) is 202 Å². The third-order valence-electron chi connectivity index (χ3n) is 16.7. The molecule has 0 saturated heterocycles. The first-order valence-corrected chi connectivity index (χ1v) is 33.2. The van der Waals surface area contributed by atoms with Crippen molar-refractivity contribution in [3.05, 3.63) is 196 Å². The Morgan fingerprint density at radius 1 is 0.338 bits per heavy atom. The summed E-state index contributed by atoms with van der Waals surface area (Å²) in [5, 5.41) is 0. The van der Waals surface area contributed by atoms with Crippen molar-refractivity contribution in [2.45, 2.75) is 167 Å². The lowest BCUT2D eigenvalue weighted by atomic mass is 9.65. The Kier molecular flexibility index (Phi) is 16.4. The summed E-state index contributed by atoms with van der Waals surface area (Å²) in [5.41, 5.74) is 18.9. The minimum atomic E-state index is -0.508. The molecule has 0 saturated carbocycles. The van der Waals surface area contributed by atoms with E-state index in [2.05, 4.69) is 181 Å². The van der Waals surface area contributed by atoms with Gasteiger partial charge in [0, 0.05) is 30.3 Å². The lowest BCUT2D eigenvalue weighted by Gasteiger charge is -2.36. The summed E-state index contributed by atoms with van der Waals surface area (Å²) in [6.07, 6.45) is 25.0. The molecule has 0 spiro atoms. The number of unbranched alkanes of at least 4 members (excludes halogenated alkanes) is 12. The summed E-state index contributed by atoms with van der Waals surface area (Å²) >= 11 is 15.9. The van der Waals surface area contributed by atoms with Gasteiger partial charge in [0.2, 0.25) is 0 Å². The zero-order valence-electron chi connectivity index (χ0n) is 44.1. The standard InChI is InChI=1S/C68H72Br2S4/c1-5-9-13-17-21-45-25-33-49(34-26-45)67(50-35-27-46(28-36-50)22-18-14-10-6-2)55-41-54-56(42-53(55)63-61(67)65-57(71-63)43-59(69)73-65)68(62-64(54)72-58-44-60(70)74-66(58)62,51-37-29-47(30-38-51)23-19-15-11-7-3)52-39-31-48(32-40-52)24-20-16-12-8-4/h25-44H,5-24H2,1-4H3. The Balaban J connectivity index is 1.17. The molecule has 0 bridgehead atoms. The van der Waals surface area contributed by atoms with Crippen LogP contribution in [0.1, 0.15) is 197 Å². The fraction of sp³-hybridized carbons (Fsp3) is 0.382. The van der Waals surface area contributed by atoms with Gasteiger partial charge in [0.25, 0.3) is 0 Å². The van der Waals surface area contributed by atoms with Crippen molar-refractivity contribution >= 4 is 96.0 Å². The smallest absolute Gasteiger partial charge is 0.0736 e. The molecule has 0 nitrogen and oxygen atoms in total. The van der Waals surface area contributed by atoms with Gasteiger partial charge >= 0.3 is 0 Å². The van der Waals surface area contributed by atoms with Crippen LogP contribution in [0.2, 0.25) is 0 Å². The maximum Gasteiger partial charge on any atom is 0.0736 e. The fourth-order valence-electron chi connectivity index (χ4n) is 12.9. The first-order valence-electron chi connectivity index (χ1n) is 28.3. The van der Waals surface area contributed by atoms with Crippen molar-refractivity contribution in [1.29, 1.82) is 0 Å². The summed E-state index contributed by atoms with van der Waals surface area (Å²) in [4.78, 5) is 2.86. The van der Waals surface area contributed by atoms with Gasteiger partial charge in [-0.3, -0.25) is 0 Å². The maximum absolute atomic E-state index is 4.01. The van der Waals surface area contributed by atoms with Gasteiger partial charge < -0.3 is 0 Å². The molecular weight excluding hydrogens is 1100 g/mol. The molecule has 5 aromatic carbocycles. The van der Waals surface area contributed by atoms with E-state index in [0.717, 1.165) is 25.7 Å². The monoisotopic (exact) mass is 1170 g/mol. The second-order valence-corrected chi connectivity index (χ2v) is 28.5. The number of rotatable bonds is 24. The predicted molar refractivity (Wildman–Crippen MR) is 334 cm³/mol. The second kappa shape index (κ2) is 23.1. The molecule has 4 aromatic heterocycles. The number of aryl methyl sites for hydroxylation is 4. The van der Waals surface area contributed by atoms with E-state index in [4.69, 9.17) is 0 Å². The summed E-state index contributed by atoms with van der Waals surface area (Å²) in [5.74, 6) is 0. The molecule has 11 rings (SSSR count). The summed E-state index contributed by atoms with van der Waals surface area (Å²) in [6, 6.07) is 50.2. The van der Waals surface area contributed by atoms with Crippen LogP contribution in [0, 0.1) is 0 Å². The largest absolute Gasteiger partial charge is 0.134 e. The second-order valence-electron chi connectivity index (χ2n) is 21.6. The van der Waals surface area contributed by atoms with Gasteiger partial charge in [0.15, 0.2) is 0 Å². The van der Waals surface area contributed by atoms with Gasteiger partial charge in [-0.05, 0) is 174 Å². The summed E-state index contributed by atoms with van der Waals surface area (Å²) in [7, 11) is 0. The number of hydrogen-bond donors (Lipinski definition) is 0. The molecule has 0 aliphatic heterocycles. The molecule has 6 heteroatoms. The SMILES string of the molecule is CCCCCCc1ccc(C2(c3ccc(CCCCCC)cc3)c3cc4c(cc3-c3sc5cc(Br)sc5c32)C(c2ccc(CCCCCC)cc2)(c2ccc(CCCCCC)cc2)c2c-4sc3cc(Br)sc23)cc1. The van der Waals surface area contributed by atoms with Crippen LogP contribution in [-0.2, 0) is 36.5 Å². The van der Waals surface area contributed by atoms with Crippen LogP contribution in [0.15, 0.2) is 129 Å². The van der Waals surface area contributed by atoms with Crippen LogP contribution in [0.4, 0.5) is 0 Å². The van der Waals surface area contributed by atoms with E-state index >= 15 is 0 Å². The van der Waals surface area contributed by atoms with Crippen molar-refractivity contribution in [3.63, 3.8) is 0 Å². The quantitative estimate of drug-likeness (QED) is 0.0529. The van der Waals surface area contributed by atoms with Gasteiger partial charge in [-0.25, -0.2) is 0 Å². The zero-order chi connectivity index (χ0) is 50.8. The molecule has 2 aliphatic rings. The van der Waals surface area contributed by atoms with E-state index in [1.165, 1.54) is 217 Å². The van der Waals surface area contributed by atoms with Crippen LogP contribution in [-0.4, -0.2) is 0 Å². The highest BCUT2D eigenvalue weighted by Crippen LogP contribution is 2.68. The molecule has 74 heavy (non-hydrogen) atoms. The minimum Gasteiger partial charge on any atom is -0.134 e.